The second-order valence-electron chi connectivity index (χ2n) is 4.15. The molecule has 86 valence electrons. The molecule has 2 heteroatoms. The van der Waals surface area contributed by atoms with Gasteiger partial charge >= 0.3 is 0 Å². The minimum absolute atomic E-state index is 1.04. The second-order valence-corrected chi connectivity index (χ2v) is 4.15. The Kier molecular flexibility index (Phi) is 2.61. The van der Waals surface area contributed by atoms with E-state index >= 15 is 0 Å². The molecule has 0 spiro atoms. The van der Waals surface area contributed by atoms with Gasteiger partial charge in [0, 0.05) is 0 Å². The van der Waals surface area contributed by atoms with E-state index in [1.54, 1.807) is 6.08 Å². The van der Waals surface area contributed by atoms with Crippen molar-refractivity contribution in [1.29, 1.82) is 0 Å². The van der Waals surface area contributed by atoms with Crippen LogP contribution in [0.4, 0.5) is 0 Å². The Bertz CT molecular complexity index is 705. The lowest BCUT2D eigenvalue weighted by Crippen LogP contribution is -1.82. The van der Waals surface area contributed by atoms with Crippen LogP contribution in [0.25, 0.3) is 27.6 Å². The van der Waals surface area contributed by atoms with Crippen molar-refractivity contribution in [3.63, 3.8) is 0 Å². The van der Waals surface area contributed by atoms with E-state index in [1.165, 1.54) is 17.0 Å². The number of rotatable bonds is 2. The third-order valence-corrected chi connectivity index (χ3v) is 3.11. The SMILES string of the molecule is O=NC=Cc1c2ccccc2cc2ccccc12. The van der Waals surface area contributed by atoms with Gasteiger partial charge < -0.3 is 0 Å². The average Bonchev–Trinajstić information content (AvgIpc) is 2.43. The minimum atomic E-state index is 1.04. The summed E-state index contributed by atoms with van der Waals surface area (Å²) in [6, 6.07) is 18.5. The van der Waals surface area contributed by atoms with Crippen molar-refractivity contribution in [2.24, 2.45) is 5.18 Å². The second kappa shape index (κ2) is 4.41. The van der Waals surface area contributed by atoms with E-state index in [9.17, 15) is 4.91 Å². The van der Waals surface area contributed by atoms with Gasteiger partial charge in [-0.1, -0.05) is 48.5 Å². The highest BCUT2D eigenvalue weighted by molar-refractivity contribution is 6.06. The van der Waals surface area contributed by atoms with Crippen molar-refractivity contribution in [2.75, 3.05) is 0 Å². The molecular weight excluding hydrogens is 222 g/mol. The van der Waals surface area contributed by atoms with Gasteiger partial charge in [0.15, 0.2) is 0 Å². The standard InChI is InChI=1S/C16H11NO/c18-17-10-9-16-14-7-3-1-5-12(14)11-13-6-2-4-8-15(13)16/h1-11H. The van der Waals surface area contributed by atoms with Crippen LogP contribution in [0.1, 0.15) is 5.56 Å². The molecule has 0 aromatic heterocycles. The Labute approximate surface area is 105 Å². The zero-order valence-electron chi connectivity index (χ0n) is 9.71. The Hall–Kier alpha value is -2.48. The van der Waals surface area contributed by atoms with Crippen LogP contribution in [0.2, 0.25) is 0 Å². The highest BCUT2D eigenvalue weighted by Gasteiger charge is 2.04. The van der Waals surface area contributed by atoms with Crippen LogP contribution < -0.4 is 0 Å². The molecule has 3 aromatic rings. The quantitative estimate of drug-likeness (QED) is 0.464. The van der Waals surface area contributed by atoms with E-state index < -0.39 is 0 Å². The van der Waals surface area contributed by atoms with E-state index in [4.69, 9.17) is 0 Å². The third-order valence-electron chi connectivity index (χ3n) is 3.11. The first-order valence-electron chi connectivity index (χ1n) is 5.79. The molecule has 0 saturated carbocycles. The molecule has 0 aliphatic carbocycles. The Morgan fingerprint density at radius 1 is 0.833 bits per heavy atom. The van der Waals surface area contributed by atoms with Crippen molar-refractivity contribution in [2.45, 2.75) is 0 Å². The van der Waals surface area contributed by atoms with Crippen molar-refractivity contribution < 1.29 is 0 Å². The zero-order valence-corrected chi connectivity index (χ0v) is 9.71. The summed E-state index contributed by atoms with van der Waals surface area (Å²) in [5, 5.41) is 7.42. The number of hydrogen-bond donors (Lipinski definition) is 0. The molecule has 0 unspecified atom stereocenters. The van der Waals surface area contributed by atoms with E-state index in [1.807, 2.05) is 24.3 Å². The molecular formula is C16H11NO. The number of nitroso groups, excluding NO2 is 1. The van der Waals surface area contributed by atoms with Crippen LogP contribution >= 0.6 is 0 Å². The summed E-state index contributed by atoms with van der Waals surface area (Å²) in [4.78, 5) is 10.3. The summed E-state index contributed by atoms with van der Waals surface area (Å²) >= 11 is 0. The van der Waals surface area contributed by atoms with Gasteiger partial charge in [-0.05, 0) is 44.4 Å². The molecule has 3 aromatic carbocycles. The van der Waals surface area contributed by atoms with Crippen LogP contribution in [-0.4, -0.2) is 0 Å². The summed E-state index contributed by atoms with van der Waals surface area (Å²) in [6.45, 7) is 0. The Balaban J connectivity index is 2.49. The largest absolute Gasteiger partial charge is 0.145 e. The number of hydrogen-bond acceptors (Lipinski definition) is 2. The average molecular weight is 233 g/mol. The highest BCUT2D eigenvalue weighted by Crippen LogP contribution is 2.29. The van der Waals surface area contributed by atoms with E-state index in [2.05, 4.69) is 35.5 Å². The molecule has 0 bridgehead atoms. The van der Waals surface area contributed by atoms with Crippen LogP contribution in [0.15, 0.2) is 66.0 Å². The maximum absolute atomic E-state index is 10.3. The van der Waals surface area contributed by atoms with Gasteiger partial charge in [0.25, 0.3) is 0 Å². The van der Waals surface area contributed by atoms with Crippen molar-refractivity contribution in [3.8, 4) is 0 Å². The molecule has 18 heavy (non-hydrogen) atoms. The van der Waals surface area contributed by atoms with Gasteiger partial charge in [0.1, 0.15) is 0 Å². The lowest BCUT2D eigenvalue weighted by atomic mass is 9.97. The van der Waals surface area contributed by atoms with Gasteiger partial charge in [0.2, 0.25) is 0 Å². The molecule has 0 amide bonds. The smallest absolute Gasteiger partial charge is 0.0721 e. The van der Waals surface area contributed by atoms with Crippen molar-refractivity contribution in [1.82, 2.24) is 0 Å². The zero-order chi connectivity index (χ0) is 12.4. The van der Waals surface area contributed by atoms with Crippen molar-refractivity contribution in [3.05, 3.63) is 71.3 Å². The van der Waals surface area contributed by atoms with Gasteiger partial charge in [-0.25, -0.2) is 0 Å². The van der Waals surface area contributed by atoms with Gasteiger partial charge in [-0.2, -0.15) is 0 Å². The third kappa shape index (κ3) is 1.68. The fraction of sp³-hybridized carbons (Fsp3) is 0. The maximum Gasteiger partial charge on any atom is 0.0721 e. The molecule has 0 fully saturated rings. The number of nitrogens with zero attached hydrogens (tertiary/aromatic N) is 1. The van der Waals surface area contributed by atoms with Crippen LogP contribution in [0.5, 0.6) is 0 Å². The maximum atomic E-state index is 10.3. The van der Waals surface area contributed by atoms with Crippen LogP contribution in [0, 0.1) is 4.91 Å². The van der Waals surface area contributed by atoms with Crippen molar-refractivity contribution >= 4 is 27.6 Å². The molecule has 0 radical (unpaired) electrons. The molecule has 0 heterocycles. The van der Waals surface area contributed by atoms with Crippen LogP contribution in [-0.2, 0) is 0 Å². The van der Waals surface area contributed by atoms with E-state index in [0.717, 1.165) is 16.3 Å². The van der Waals surface area contributed by atoms with E-state index in [-0.39, 0.29) is 0 Å². The number of fused-ring (bicyclic) bond motifs is 2. The first-order chi connectivity index (χ1) is 8.90. The molecule has 0 atom stereocenters. The van der Waals surface area contributed by atoms with Crippen LogP contribution in [0.3, 0.4) is 0 Å². The Morgan fingerprint density at radius 2 is 1.39 bits per heavy atom. The molecule has 0 aliphatic heterocycles. The first kappa shape index (κ1) is 10.7. The summed E-state index contributed by atoms with van der Waals surface area (Å²) < 4.78 is 0. The fourth-order valence-electron chi connectivity index (χ4n) is 2.33. The summed E-state index contributed by atoms with van der Waals surface area (Å²) in [6.07, 6.45) is 3.08. The molecule has 0 saturated heterocycles. The summed E-state index contributed by atoms with van der Waals surface area (Å²) in [7, 11) is 0. The molecule has 3 rings (SSSR count). The molecule has 0 N–H and O–H groups in total. The van der Waals surface area contributed by atoms with E-state index in [0.29, 0.717) is 0 Å². The Morgan fingerprint density at radius 3 is 1.94 bits per heavy atom. The lowest BCUT2D eigenvalue weighted by molar-refractivity contribution is 1.56. The highest BCUT2D eigenvalue weighted by atomic mass is 16.2. The molecule has 2 nitrogen and oxygen atoms in total. The minimum Gasteiger partial charge on any atom is -0.145 e. The predicted octanol–water partition coefficient (Wildman–Crippen LogP) is 4.73. The monoisotopic (exact) mass is 233 g/mol. The lowest BCUT2D eigenvalue weighted by Gasteiger charge is -2.07. The van der Waals surface area contributed by atoms with Gasteiger partial charge in [-0.15, -0.1) is 4.91 Å². The normalized spacial score (nSPS) is 11.3. The number of benzene rings is 3. The predicted molar refractivity (Wildman–Crippen MR) is 76.3 cm³/mol. The molecule has 0 aliphatic rings. The van der Waals surface area contributed by atoms with Gasteiger partial charge in [0.05, 0.1) is 6.20 Å². The van der Waals surface area contributed by atoms with Gasteiger partial charge in [-0.3, -0.25) is 0 Å². The summed E-state index contributed by atoms with van der Waals surface area (Å²) in [5.74, 6) is 0. The summed E-state index contributed by atoms with van der Waals surface area (Å²) in [5.41, 5.74) is 1.04. The topological polar surface area (TPSA) is 29.4 Å². The first-order valence-corrected chi connectivity index (χ1v) is 5.79. The fourth-order valence-corrected chi connectivity index (χ4v) is 2.33.